The lowest BCUT2D eigenvalue weighted by Gasteiger charge is -2.25. The molecule has 3 rings (SSSR count). The zero-order valence-electron chi connectivity index (χ0n) is 17.6. The van der Waals surface area contributed by atoms with E-state index in [9.17, 15) is 19.1 Å². The molecule has 1 aliphatic heterocycles. The van der Waals surface area contributed by atoms with Crippen molar-refractivity contribution in [3.63, 3.8) is 0 Å². The molecule has 0 aromatic heterocycles. The molecule has 7 heteroatoms. The quantitative estimate of drug-likeness (QED) is 0.283. The highest BCUT2D eigenvalue weighted by atomic mass is 19.1. The lowest BCUT2D eigenvalue weighted by Crippen LogP contribution is -2.31. The first kappa shape index (κ1) is 22.5. The Balaban J connectivity index is 2.02. The number of halogens is 1. The number of methoxy groups -OCH3 is 1. The second-order valence-electron chi connectivity index (χ2n) is 7.26. The summed E-state index contributed by atoms with van der Waals surface area (Å²) in [6.07, 6.45) is 1.39. The third kappa shape index (κ3) is 4.94. The Morgan fingerprint density at radius 2 is 1.74 bits per heavy atom. The predicted octanol–water partition coefficient (Wildman–Crippen LogP) is 4.07. The Morgan fingerprint density at radius 1 is 1.06 bits per heavy atom. The van der Waals surface area contributed by atoms with Gasteiger partial charge in [0.05, 0.1) is 18.2 Å². The van der Waals surface area contributed by atoms with Gasteiger partial charge in [-0.15, -0.1) is 0 Å². The van der Waals surface area contributed by atoms with Crippen molar-refractivity contribution in [3.05, 3.63) is 71.0 Å². The Hall–Kier alpha value is -3.19. The van der Waals surface area contributed by atoms with E-state index in [1.165, 1.54) is 29.2 Å². The van der Waals surface area contributed by atoms with Gasteiger partial charge in [-0.1, -0.05) is 19.1 Å². The topological polar surface area (TPSA) is 76.1 Å². The van der Waals surface area contributed by atoms with Gasteiger partial charge in [-0.2, -0.15) is 0 Å². The molecule has 0 aliphatic carbocycles. The van der Waals surface area contributed by atoms with Crippen LogP contribution in [-0.4, -0.2) is 48.6 Å². The van der Waals surface area contributed by atoms with Crippen LogP contribution in [0.2, 0.25) is 0 Å². The van der Waals surface area contributed by atoms with Crippen LogP contribution in [0.15, 0.2) is 54.1 Å². The number of carbonyl (C=O) groups excluding carboxylic acids is 2. The fourth-order valence-electron chi connectivity index (χ4n) is 3.57. The van der Waals surface area contributed by atoms with Gasteiger partial charge in [-0.3, -0.25) is 9.59 Å². The number of amides is 1. The average Bonchev–Trinajstić information content (AvgIpc) is 3.03. The average molecular weight is 427 g/mol. The van der Waals surface area contributed by atoms with E-state index in [1.807, 2.05) is 6.92 Å². The number of benzene rings is 2. The van der Waals surface area contributed by atoms with Gasteiger partial charge in [0.25, 0.3) is 11.7 Å². The number of likely N-dealkylation sites (tertiary alicyclic amines) is 1. The SMILES string of the molecule is CCCOc1ccc(/C(O)=C2/C(=O)C(=O)N(CCCOC)C2c2ccc(F)cc2)cc1. The number of hydrogen-bond donors (Lipinski definition) is 1. The summed E-state index contributed by atoms with van der Waals surface area (Å²) in [5.74, 6) is -1.52. The third-order valence-electron chi connectivity index (χ3n) is 5.07. The molecule has 1 fully saturated rings. The first-order valence-corrected chi connectivity index (χ1v) is 10.2. The third-order valence-corrected chi connectivity index (χ3v) is 5.07. The maximum absolute atomic E-state index is 13.5. The first-order chi connectivity index (χ1) is 15.0. The zero-order valence-corrected chi connectivity index (χ0v) is 17.6. The van der Waals surface area contributed by atoms with Crippen LogP contribution in [0.25, 0.3) is 5.76 Å². The molecule has 0 radical (unpaired) electrons. The summed E-state index contributed by atoms with van der Waals surface area (Å²) in [6, 6.07) is 11.4. The molecule has 0 spiro atoms. The van der Waals surface area contributed by atoms with Crippen LogP contribution < -0.4 is 4.74 Å². The van der Waals surface area contributed by atoms with Crippen molar-refractivity contribution in [1.82, 2.24) is 4.90 Å². The molecule has 0 bridgehead atoms. The summed E-state index contributed by atoms with van der Waals surface area (Å²) in [5, 5.41) is 11.0. The number of Topliss-reactive ketones (excluding diaryl/α,β-unsaturated/α-hetero) is 1. The van der Waals surface area contributed by atoms with Crippen molar-refractivity contribution in [2.45, 2.75) is 25.8 Å². The van der Waals surface area contributed by atoms with Crippen molar-refractivity contribution in [1.29, 1.82) is 0 Å². The molecule has 1 atom stereocenters. The molecule has 0 saturated carbocycles. The minimum atomic E-state index is -0.812. The number of aliphatic hydroxyl groups excluding tert-OH is 1. The normalized spacial score (nSPS) is 17.9. The monoisotopic (exact) mass is 427 g/mol. The van der Waals surface area contributed by atoms with Crippen LogP contribution in [0.3, 0.4) is 0 Å². The smallest absolute Gasteiger partial charge is 0.295 e. The summed E-state index contributed by atoms with van der Waals surface area (Å²) in [6.45, 7) is 3.25. The first-order valence-electron chi connectivity index (χ1n) is 10.2. The van der Waals surface area contributed by atoms with Gasteiger partial charge in [-0.25, -0.2) is 4.39 Å². The van der Waals surface area contributed by atoms with Gasteiger partial charge in [0, 0.05) is 25.8 Å². The molecule has 6 nitrogen and oxygen atoms in total. The Labute approximate surface area is 180 Å². The molecule has 1 heterocycles. The summed E-state index contributed by atoms with van der Waals surface area (Å²) in [4.78, 5) is 27.0. The molecule has 1 aliphatic rings. The van der Waals surface area contributed by atoms with Gasteiger partial charge in [0.15, 0.2) is 0 Å². The molecule has 31 heavy (non-hydrogen) atoms. The van der Waals surface area contributed by atoms with Gasteiger partial charge in [0.1, 0.15) is 17.3 Å². The number of nitrogens with zero attached hydrogens (tertiary/aromatic N) is 1. The maximum Gasteiger partial charge on any atom is 0.295 e. The van der Waals surface area contributed by atoms with Crippen LogP contribution in [0.5, 0.6) is 5.75 Å². The van der Waals surface area contributed by atoms with Gasteiger partial charge < -0.3 is 19.5 Å². The molecular formula is C24H26FNO5. The van der Waals surface area contributed by atoms with Crippen molar-refractivity contribution >= 4 is 17.4 Å². The number of carbonyl (C=O) groups is 2. The largest absolute Gasteiger partial charge is 0.507 e. The van der Waals surface area contributed by atoms with E-state index in [0.717, 1.165) is 6.42 Å². The number of ketones is 1. The summed E-state index contributed by atoms with van der Waals surface area (Å²) in [5.41, 5.74) is 0.921. The minimum absolute atomic E-state index is 0.0174. The Morgan fingerprint density at radius 3 is 2.35 bits per heavy atom. The van der Waals surface area contributed by atoms with E-state index in [-0.39, 0.29) is 17.9 Å². The standard InChI is InChI=1S/C24H26FNO5/c1-3-14-31-19-11-7-17(8-12-19)22(27)20-21(16-5-9-18(25)10-6-16)26(13-4-15-30-2)24(29)23(20)28/h5-12,21,27H,3-4,13-15H2,1-2H3/b22-20-. The van der Waals surface area contributed by atoms with Crippen LogP contribution >= 0.6 is 0 Å². The molecule has 164 valence electrons. The summed E-state index contributed by atoms with van der Waals surface area (Å²) in [7, 11) is 1.56. The van der Waals surface area contributed by atoms with Crippen LogP contribution in [0.4, 0.5) is 4.39 Å². The van der Waals surface area contributed by atoms with Crippen LogP contribution in [0, 0.1) is 5.82 Å². The lowest BCUT2D eigenvalue weighted by molar-refractivity contribution is -0.140. The molecular weight excluding hydrogens is 401 g/mol. The van der Waals surface area contributed by atoms with E-state index in [2.05, 4.69) is 0 Å². The lowest BCUT2D eigenvalue weighted by atomic mass is 9.95. The fourth-order valence-corrected chi connectivity index (χ4v) is 3.57. The number of ether oxygens (including phenoxy) is 2. The van der Waals surface area contributed by atoms with E-state index >= 15 is 0 Å². The van der Waals surface area contributed by atoms with Crippen molar-refractivity contribution in [2.75, 3.05) is 26.9 Å². The summed E-state index contributed by atoms with van der Waals surface area (Å²) >= 11 is 0. The fraction of sp³-hybridized carbons (Fsp3) is 0.333. The highest BCUT2D eigenvalue weighted by Gasteiger charge is 2.45. The van der Waals surface area contributed by atoms with Crippen LogP contribution in [0.1, 0.15) is 36.9 Å². The van der Waals surface area contributed by atoms with E-state index in [1.54, 1.807) is 31.4 Å². The van der Waals surface area contributed by atoms with Gasteiger partial charge in [-0.05, 0) is 54.8 Å². The molecule has 1 unspecified atom stereocenters. The molecule has 1 saturated heterocycles. The number of aliphatic hydroxyl groups is 1. The molecule has 2 aromatic carbocycles. The second kappa shape index (κ2) is 10.2. The van der Waals surface area contributed by atoms with Crippen molar-refractivity contribution in [3.8, 4) is 5.75 Å². The van der Waals surface area contributed by atoms with Crippen molar-refractivity contribution < 1.29 is 28.6 Å². The molecule has 2 aromatic rings. The van der Waals surface area contributed by atoms with Crippen molar-refractivity contribution in [2.24, 2.45) is 0 Å². The number of hydrogen-bond acceptors (Lipinski definition) is 5. The van der Waals surface area contributed by atoms with E-state index in [0.29, 0.717) is 36.5 Å². The van der Waals surface area contributed by atoms with Gasteiger partial charge >= 0.3 is 0 Å². The second-order valence-corrected chi connectivity index (χ2v) is 7.26. The van der Waals surface area contributed by atoms with E-state index in [4.69, 9.17) is 9.47 Å². The maximum atomic E-state index is 13.5. The highest BCUT2D eigenvalue weighted by Crippen LogP contribution is 2.39. The van der Waals surface area contributed by atoms with E-state index < -0.39 is 23.5 Å². The molecule has 1 N–H and O–H groups in total. The zero-order chi connectivity index (χ0) is 22.4. The predicted molar refractivity (Wildman–Crippen MR) is 114 cm³/mol. The van der Waals surface area contributed by atoms with Crippen LogP contribution in [-0.2, 0) is 14.3 Å². The molecule has 1 amide bonds. The van der Waals surface area contributed by atoms with Gasteiger partial charge in [0.2, 0.25) is 0 Å². The minimum Gasteiger partial charge on any atom is -0.507 e. The number of rotatable bonds is 9. The highest BCUT2D eigenvalue weighted by molar-refractivity contribution is 6.46. The Bertz CT molecular complexity index is 953. The Kier molecular flexibility index (Phi) is 7.41. The summed E-state index contributed by atoms with van der Waals surface area (Å²) < 4.78 is 24.1.